The second kappa shape index (κ2) is 10.9. The maximum Gasteiger partial charge on any atom is 0.343 e. The quantitative estimate of drug-likeness (QED) is 0.241. The van der Waals surface area contributed by atoms with E-state index in [1.807, 2.05) is 24.3 Å². The van der Waals surface area contributed by atoms with E-state index in [4.69, 9.17) is 21.1 Å². The van der Waals surface area contributed by atoms with Gasteiger partial charge in [0.1, 0.15) is 11.5 Å². The number of nitrogens with zero attached hydrogens (tertiary/aromatic N) is 1. The monoisotopic (exact) mass is 436 g/mol. The van der Waals surface area contributed by atoms with Crippen LogP contribution in [-0.2, 0) is 11.2 Å². The topological polar surface area (TPSA) is 77.0 Å². The molecule has 0 aliphatic rings. The lowest BCUT2D eigenvalue weighted by molar-refractivity contribution is -0.123. The first kappa shape index (κ1) is 22.1. The van der Waals surface area contributed by atoms with Gasteiger partial charge in [-0.05, 0) is 72.1 Å². The third-order valence-corrected chi connectivity index (χ3v) is 4.49. The highest BCUT2D eigenvalue weighted by atomic mass is 35.5. The van der Waals surface area contributed by atoms with Crippen LogP contribution < -0.4 is 14.9 Å². The predicted molar refractivity (Wildman–Crippen MR) is 120 cm³/mol. The van der Waals surface area contributed by atoms with Crippen LogP contribution in [0, 0.1) is 0 Å². The number of hydrogen-bond donors (Lipinski definition) is 1. The Balaban J connectivity index is 1.45. The molecule has 1 N–H and O–H groups in total. The van der Waals surface area contributed by atoms with Crippen LogP contribution in [-0.4, -0.2) is 24.7 Å². The highest BCUT2D eigenvalue weighted by Crippen LogP contribution is 2.16. The molecular weight excluding hydrogens is 416 g/mol. The summed E-state index contributed by atoms with van der Waals surface area (Å²) in [7, 11) is 0. The summed E-state index contributed by atoms with van der Waals surface area (Å²) in [6.07, 6.45) is 2.43. The third-order valence-electron chi connectivity index (χ3n) is 4.26. The summed E-state index contributed by atoms with van der Waals surface area (Å²) in [5.41, 5.74) is 4.69. The van der Waals surface area contributed by atoms with E-state index in [1.54, 1.807) is 42.5 Å². The largest absolute Gasteiger partial charge is 0.484 e. The summed E-state index contributed by atoms with van der Waals surface area (Å²) in [5, 5.41) is 4.36. The number of hydrogen-bond acceptors (Lipinski definition) is 5. The summed E-state index contributed by atoms with van der Waals surface area (Å²) in [6, 6.07) is 20.8. The van der Waals surface area contributed by atoms with Crippen molar-refractivity contribution in [3.05, 3.63) is 94.5 Å². The first-order chi connectivity index (χ1) is 15.0. The van der Waals surface area contributed by atoms with Gasteiger partial charge in [-0.3, -0.25) is 4.79 Å². The van der Waals surface area contributed by atoms with E-state index in [0.29, 0.717) is 22.1 Å². The number of rotatable bonds is 8. The van der Waals surface area contributed by atoms with Gasteiger partial charge < -0.3 is 9.47 Å². The Hall–Kier alpha value is -3.64. The average Bonchev–Trinajstić information content (AvgIpc) is 2.79. The van der Waals surface area contributed by atoms with Crippen molar-refractivity contribution in [1.29, 1.82) is 0 Å². The van der Waals surface area contributed by atoms with E-state index in [1.165, 1.54) is 17.8 Å². The maximum atomic E-state index is 12.1. The fourth-order valence-electron chi connectivity index (χ4n) is 2.58. The van der Waals surface area contributed by atoms with E-state index in [0.717, 1.165) is 12.0 Å². The first-order valence-corrected chi connectivity index (χ1v) is 10.0. The van der Waals surface area contributed by atoms with Gasteiger partial charge in [0.25, 0.3) is 5.91 Å². The van der Waals surface area contributed by atoms with Crippen molar-refractivity contribution in [2.75, 3.05) is 6.61 Å². The lowest BCUT2D eigenvalue weighted by atomic mass is 10.2. The smallest absolute Gasteiger partial charge is 0.343 e. The molecule has 0 radical (unpaired) electrons. The number of hydrazone groups is 1. The van der Waals surface area contributed by atoms with Crippen molar-refractivity contribution in [2.45, 2.75) is 13.3 Å². The molecule has 0 spiro atoms. The summed E-state index contributed by atoms with van der Waals surface area (Å²) in [6.45, 7) is 1.93. The summed E-state index contributed by atoms with van der Waals surface area (Å²) >= 11 is 5.89. The highest BCUT2D eigenvalue weighted by molar-refractivity contribution is 6.30. The molecule has 1 amide bonds. The molecule has 0 saturated carbocycles. The molecule has 0 unspecified atom stereocenters. The van der Waals surface area contributed by atoms with Crippen LogP contribution in [0.1, 0.15) is 28.4 Å². The van der Waals surface area contributed by atoms with Crippen molar-refractivity contribution < 1.29 is 19.1 Å². The molecule has 6 nitrogen and oxygen atoms in total. The molecule has 158 valence electrons. The molecular formula is C24H21ClN2O4. The number of amides is 1. The zero-order valence-corrected chi connectivity index (χ0v) is 17.6. The molecule has 3 aromatic carbocycles. The number of nitrogens with one attached hydrogen (secondary N) is 1. The standard InChI is InChI=1S/C24H21ClN2O4/c1-2-17-6-10-21(11-7-17)30-16-23(28)27-26-15-18-8-12-22(13-9-18)31-24(29)19-4-3-5-20(25)14-19/h3-15H,2,16H2,1H3,(H,27,28)/b26-15-. The summed E-state index contributed by atoms with van der Waals surface area (Å²) < 4.78 is 10.7. The zero-order valence-electron chi connectivity index (χ0n) is 16.9. The minimum absolute atomic E-state index is 0.138. The molecule has 0 aliphatic heterocycles. The van der Waals surface area contributed by atoms with Crippen LogP contribution in [0.25, 0.3) is 0 Å². The molecule has 0 heterocycles. The van der Waals surface area contributed by atoms with Crippen LogP contribution in [0.4, 0.5) is 0 Å². The lowest BCUT2D eigenvalue weighted by Gasteiger charge is -2.06. The van der Waals surface area contributed by atoms with E-state index < -0.39 is 5.97 Å². The molecule has 0 bridgehead atoms. The third kappa shape index (κ3) is 6.97. The molecule has 3 aromatic rings. The van der Waals surface area contributed by atoms with Gasteiger partial charge in [0, 0.05) is 5.02 Å². The van der Waals surface area contributed by atoms with Gasteiger partial charge >= 0.3 is 5.97 Å². The average molecular weight is 437 g/mol. The number of carbonyl (C=O) groups is 2. The van der Waals surface area contributed by atoms with Crippen LogP contribution in [0.15, 0.2) is 77.9 Å². The first-order valence-electron chi connectivity index (χ1n) is 9.65. The van der Waals surface area contributed by atoms with Gasteiger partial charge in [0.15, 0.2) is 6.61 Å². The van der Waals surface area contributed by atoms with Crippen molar-refractivity contribution >= 4 is 29.7 Å². The molecule has 0 atom stereocenters. The van der Waals surface area contributed by atoms with Crippen LogP contribution >= 0.6 is 11.6 Å². The lowest BCUT2D eigenvalue weighted by Crippen LogP contribution is -2.24. The molecule has 0 aromatic heterocycles. The van der Waals surface area contributed by atoms with Gasteiger partial charge in [0.2, 0.25) is 0 Å². The molecule has 3 rings (SSSR count). The Morgan fingerprint density at radius 3 is 2.39 bits per heavy atom. The fourth-order valence-corrected chi connectivity index (χ4v) is 2.77. The Bertz CT molecular complexity index is 1060. The number of esters is 1. The van der Waals surface area contributed by atoms with Crippen molar-refractivity contribution in [1.82, 2.24) is 5.43 Å². The SMILES string of the molecule is CCc1ccc(OCC(=O)N/N=C\c2ccc(OC(=O)c3cccc(Cl)c3)cc2)cc1. The molecule has 7 heteroatoms. The van der Waals surface area contributed by atoms with Gasteiger partial charge in [-0.2, -0.15) is 5.10 Å². The minimum Gasteiger partial charge on any atom is -0.484 e. The summed E-state index contributed by atoms with van der Waals surface area (Å²) in [5.74, 6) is 0.135. The van der Waals surface area contributed by atoms with Gasteiger partial charge in [0.05, 0.1) is 11.8 Å². The highest BCUT2D eigenvalue weighted by Gasteiger charge is 2.09. The Labute approximate surface area is 185 Å². The second-order valence-corrected chi connectivity index (χ2v) is 6.98. The van der Waals surface area contributed by atoms with E-state index in [-0.39, 0.29) is 12.5 Å². The van der Waals surface area contributed by atoms with Crippen molar-refractivity contribution in [2.24, 2.45) is 5.10 Å². The molecule has 0 aliphatic carbocycles. The van der Waals surface area contributed by atoms with Gasteiger partial charge in [-0.25, -0.2) is 10.2 Å². The second-order valence-electron chi connectivity index (χ2n) is 6.55. The number of halogens is 1. The van der Waals surface area contributed by atoms with Gasteiger partial charge in [-0.15, -0.1) is 0 Å². The number of benzene rings is 3. The fraction of sp³-hybridized carbons (Fsp3) is 0.125. The van der Waals surface area contributed by atoms with Crippen LogP contribution in [0.2, 0.25) is 5.02 Å². The normalized spacial score (nSPS) is 10.6. The molecule has 0 saturated heterocycles. The van der Waals surface area contributed by atoms with E-state index in [2.05, 4.69) is 17.5 Å². The summed E-state index contributed by atoms with van der Waals surface area (Å²) in [4.78, 5) is 24.0. The van der Waals surface area contributed by atoms with E-state index >= 15 is 0 Å². The van der Waals surface area contributed by atoms with E-state index in [9.17, 15) is 9.59 Å². The van der Waals surface area contributed by atoms with Crippen LogP contribution in [0.5, 0.6) is 11.5 Å². The number of ether oxygens (including phenoxy) is 2. The van der Waals surface area contributed by atoms with Crippen molar-refractivity contribution in [3.8, 4) is 11.5 Å². The number of carbonyl (C=O) groups excluding carboxylic acids is 2. The molecule has 0 fully saturated rings. The Kier molecular flexibility index (Phi) is 7.79. The molecule has 31 heavy (non-hydrogen) atoms. The minimum atomic E-state index is -0.500. The van der Waals surface area contributed by atoms with Gasteiger partial charge in [-0.1, -0.05) is 36.7 Å². The van der Waals surface area contributed by atoms with Crippen molar-refractivity contribution in [3.63, 3.8) is 0 Å². The maximum absolute atomic E-state index is 12.1. The predicted octanol–water partition coefficient (Wildman–Crippen LogP) is 4.65. The zero-order chi connectivity index (χ0) is 22.1. The number of aryl methyl sites for hydroxylation is 1. The van der Waals surface area contributed by atoms with Crippen LogP contribution in [0.3, 0.4) is 0 Å². The Morgan fingerprint density at radius 1 is 1.00 bits per heavy atom. The Morgan fingerprint density at radius 2 is 1.71 bits per heavy atom.